The van der Waals surface area contributed by atoms with Crippen molar-refractivity contribution in [2.75, 3.05) is 6.54 Å². The van der Waals surface area contributed by atoms with Crippen LogP contribution in [0.4, 0.5) is 0 Å². The molecule has 0 aromatic carbocycles. The Hall–Kier alpha value is -0.900. The van der Waals surface area contributed by atoms with Crippen LogP contribution in [-0.4, -0.2) is 22.2 Å². The highest BCUT2D eigenvalue weighted by molar-refractivity contribution is 4.92. The molecule has 0 aliphatic heterocycles. The summed E-state index contributed by atoms with van der Waals surface area (Å²) >= 11 is 0. The van der Waals surface area contributed by atoms with E-state index in [9.17, 15) is 0 Å². The first-order chi connectivity index (χ1) is 7.53. The molecule has 1 aromatic heterocycles. The zero-order valence-electron chi connectivity index (χ0n) is 10.4. The molecule has 16 heavy (non-hydrogen) atoms. The van der Waals surface area contributed by atoms with Crippen LogP contribution in [0.25, 0.3) is 0 Å². The molecule has 1 aliphatic rings. The van der Waals surface area contributed by atoms with E-state index >= 15 is 0 Å². The average Bonchev–Trinajstić information content (AvgIpc) is 2.84. The van der Waals surface area contributed by atoms with Gasteiger partial charge in [-0.05, 0) is 39.5 Å². The first-order valence-corrected chi connectivity index (χ1v) is 6.09. The predicted octanol–water partition coefficient (Wildman–Crippen LogP) is 1.95. The summed E-state index contributed by atoms with van der Waals surface area (Å²) in [6, 6.07) is 0. The highest BCUT2D eigenvalue weighted by Gasteiger charge is 2.24. The minimum atomic E-state index is 0.150. The predicted molar refractivity (Wildman–Crippen MR) is 62.2 cm³/mol. The average molecular weight is 223 g/mol. The van der Waals surface area contributed by atoms with E-state index in [1.165, 1.54) is 12.8 Å². The highest BCUT2D eigenvalue weighted by atomic mass is 16.5. The Morgan fingerprint density at radius 3 is 2.75 bits per heavy atom. The lowest BCUT2D eigenvalue weighted by molar-refractivity contribution is 0.358. The van der Waals surface area contributed by atoms with Crippen molar-refractivity contribution in [3.05, 3.63) is 11.7 Å². The summed E-state index contributed by atoms with van der Waals surface area (Å²) in [6.45, 7) is 7.34. The van der Waals surface area contributed by atoms with Gasteiger partial charge in [0.25, 0.3) is 0 Å². The van der Waals surface area contributed by atoms with E-state index in [1.54, 1.807) is 0 Å². The van der Waals surface area contributed by atoms with E-state index in [0.717, 1.165) is 37.0 Å². The standard InChI is InChI=1S/C12H21N3O/c1-12(2,3)13-7-6-11-14-10(15-16-11)8-9-4-5-9/h9,13H,4-8H2,1-3H3. The van der Waals surface area contributed by atoms with Crippen molar-refractivity contribution in [2.45, 2.75) is 52.0 Å². The monoisotopic (exact) mass is 223 g/mol. The fourth-order valence-electron chi connectivity index (χ4n) is 1.60. The van der Waals surface area contributed by atoms with E-state index < -0.39 is 0 Å². The van der Waals surface area contributed by atoms with Crippen LogP contribution in [0.15, 0.2) is 4.52 Å². The quantitative estimate of drug-likeness (QED) is 0.829. The van der Waals surface area contributed by atoms with Crippen LogP contribution in [-0.2, 0) is 12.8 Å². The lowest BCUT2D eigenvalue weighted by Gasteiger charge is -2.19. The second kappa shape index (κ2) is 4.53. The summed E-state index contributed by atoms with van der Waals surface area (Å²) in [5.74, 6) is 2.46. The second-order valence-corrected chi connectivity index (χ2v) is 5.68. The Kier molecular flexibility index (Phi) is 3.28. The number of hydrogen-bond acceptors (Lipinski definition) is 4. The summed E-state index contributed by atoms with van der Waals surface area (Å²) in [7, 11) is 0. The minimum absolute atomic E-state index is 0.150. The van der Waals surface area contributed by atoms with Crippen molar-refractivity contribution in [3.8, 4) is 0 Å². The van der Waals surface area contributed by atoms with Crippen molar-refractivity contribution in [1.29, 1.82) is 0 Å². The van der Waals surface area contributed by atoms with Gasteiger partial charge in [0.05, 0.1) is 0 Å². The highest BCUT2D eigenvalue weighted by Crippen LogP contribution is 2.31. The lowest BCUT2D eigenvalue weighted by atomic mass is 10.1. The zero-order valence-corrected chi connectivity index (χ0v) is 10.4. The van der Waals surface area contributed by atoms with Crippen molar-refractivity contribution < 1.29 is 4.52 Å². The molecule has 1 fully saturated rings. The van der Waals surface area contributed by atoms with Gasteiger partial charge in [0, 0.05) is 24.9 Å². The third kappa shape index (κ3) is 3.93. The molecule has 1 aromatic rings. The second-order valence-electron chi connectivity index (χ2n) is 5.68. The number of rotatable bonds is 5. The molecule has 1 N–H and O–H groups in total. The molecular weight excluding hydrogens is 202 g/mol. The van der Waals surface area contributed by atoms with E-state index in [2.05, 4.69) is 36.2 Å². The number of nitrogens with one attached hydrogen (secondary N) is 1. The maximum absolute atomic E-state index is 5.21. The fourth-order valence-corrected chi connectivity index (χ4v) is 1.60. The fraction of sp³-hybridized carbons (Fsp3) is 0.833. The molecule has 0 radical (unpaired) electrons. The molecule has 1 aliphatic carbocycles. The van der Waals surface area contributed by atoms with Gasteiger partial charge in [0.15, 0.2) is 5.82 Å². The summed E-state index contributed by atoms with van der Waals surface area (Å²) in [5.41, 5.74) is 0.150. The Labute approximate surface area is 96.8 Å². The van der Waals surface area contributed by atoms with Crippen molar-refractivity contribution in [2.24, 2.45) is 5.92 Å². The molecule has 0 unspecified atom stereocenters. The number of nitrogens with zero attached hydrogens (tertiary/aromatic N) is 2. The SMILES string of the molecule is CC(C)(C)NCCc1nc(CC2CC2)no1. The molecule has 0 amide bonds. The van der Waals surface area contributed by atoms with E-state index in [4.69, 9.17) is 4.52 Å². The van der Waals surface area contributed by atoms with Gasteiger partial charge in [-0.3, -0.25) is 0 Å². The first kappa shape index (κ1) is 11.6. The van der Waals surface area contributed by atoms with Gasteiger partial charge in [-0.1, -0.05) is 5.16 Å². The van der Waals surface area contributed by atoms with Gasteiger partial charge in [-0.15, -0.1) is 0 Å². The normalized spacial score (nSPS) is 16.7. The topological polar surface area (TPSA) is 51.0 Å². The van der Waals surface area contributed by atoms with E-state index in [-0.39, 0.29) is 5.54 Å². The Morgan fingerprint density at radius 1 is 1.38 bits per heavy atom. The van der Waals surface area contributed by atoms with Crippen LogP contribution in [0.3, 0.4) is 0 Å². The molecule has 0 atom stereocenters. The van der Waals surface area contributed by atoms with Gasteiger partial charge in [0.2, 0.25) is 5.89 Å². The molecule has 90 valence electrons. The Bertz CT molecular complexity index is 336. The van der Waals surface area contributed by atoms with E-state index in [0.29, 0.717) is 0 Å². The number of hydrogen-bond donors (Lipinski definition) is 1. The smallest absolute Gasteiger partial charge is 0.227 e. The third-order valence-electron chi connectivity index (χ3n) is 2.67. The Morgan fingerprint density at radius 2 is 2.12 bits per heavy atom. The van der Waals surface area contributed by atoms with Crippen molar-refractivity contribution in [3.63, 3.8) is 0 Å². The molecule has 1 heterocycles. The van der Waals surface area contributed by atoms with Gasteiger partial charge >= 0.3 is 0 Å². The maximum atomic E-state index is 5.21. The molecule has 0 spiro atoms. The van der Waals surface area contributed by atoms with Crippen LogP contribution >= 0.6 is 0 Å². The minimum Gasteiger partial charge on any atom is -0.339 e. The summed E-state index contributed by atoms with van der Waals surface area (Å²) in [6.07, 6.45) is 4.47. The third-order valence-corrected chi connectivity index (χ3v) is 2.67. The van der Waals surface area contributed by atoms with Crippen LogP contribution < -0.4 is 5.32 Å². The van der Waals surface area contributed by atoms with Crippen molar-refractivity contribution in [1.82, 2.24) is 15.5 Å². The van der Waals surface area contributed by atoms with Gasteiger partial charge in [0.1, 0.15) is 0 Å². The van der Waals surface area contributed by atoms with Gasteiger partial charge in [-0.2, -0.15) is 4.98 Å². The molecular formula is C12H21N3O. The molecule has 0 bridgehead atoms. The van der Waals surface area contributed by atoms with Crippen LogP contribution in [0, 0.1) is 5.92 Å². The zero-order chi connectivity index (χ0) is 11.6. The maximum Gasteiger partial charge on any atom is 0.227 e. The molecule has 0 saturated heterocycles. The number of aromatic nitrogens is 2. The summed E-state index contributed by atoms with van der Waals surface area (Å²) < 4.78 is 5.21. The van der Waals surface area contributed by atoms with Crippen LogP contribution in [0.5, 0.6) is 0 Å². The van der Waals surface area contributed by atoms with Crippen LogP contribution in [0.2, 0.25) is 0 Å². The van der Waals surface area contributed by atoms with Gasteiger partial charge < -0.3 is 9.84 Å². The summed E-state index contributed by atoms with van der Waals surface area (Å²) in [5, 5.41) is 7.40. The largest absolute Gasteiger partial charge is 0.339 e. The Balaban J connectivity index is 1.74. The lowest BCUT2D eigenvalue weighted by Crippen LogP contribution is -2.37. The molecule has 1 saturated carbocycles. The van der Waals surface area contributed by atoms with Crippen molar-refractivity contribution >= 4 is 0 Å². The molecule has 2 rings (SSSR count). The van der Waals surface area contributed by atoms with Crippen LogP contribution in [0.1, 0.15) is 45.3 Å². The molecule has 4 heteroatoms. The van der Waals surface area contributed by atoms with E-state index in [1.807, 2.05) is 0 Å². The van der Waals surface area contributed by atoms with Gasteiger partial charge in [-0.25, -0.2) is 0 Å². The summed E-state index contributed by atoms with van der Waals surface area (Å²) in [4.78, 5) is 4.39. The first-order valence-electron chi connectivity index (χ1n) is 6.09. The molecule has 4 nitrogen and oxygen atoms in total.